The highest BCUT2D eigenvalue weighted by Crippen LogP contribution is 2.23. The summed E-state index contributed by atoms with van der Waals surface area (Å²) < 4.78 is 25.3. The summed E-state index contributed by atoms with van der Waals surface area (Å²) >= 11 is 0. The predicted molar refractivity (Wildman–Crippen MR) is 74.2 cm³/mol. The quantitative estimate of drug-likeness (QED) is 0.846. The van der Waals surface area contributed by atoms with Crippen LogP contribution >= 0.6 is 0 Å². The minimum Gasteiger partial charge on any atom is -0.352 e. The molecule has 0 aromatic heterocycles. The highest BCUT2D eigenvalue weighted by Gasteiger charge is 2.38. The summed E-state index contributed by atoms with van der Waals surface area (Å²) in [7, 11) is -3.26. The number of hydrogen-bond donors (Lipinski definition) is 1. The summed E-state index contributed by atoms with van der Waals surface area (Å²) in [5.74, 6) is -0.0263. The molecule has 1 aliphatic carbocycles. The smallest absolute Gasteiger partial charge is 0.238 e. The highest BCUT2D eigenvalue weighted by molar-refractivity contribution is 7.89. The number of nitrogens with one attached hydrogen (secondary N) is 1. The van der Waals surface area contributed by atoms with Gasteiger partial charge in [-0.3, -0.25) is 4.79 Å². The normalized spacial score (nSPS) is 26.5. The molecular weight excluding hydrogens is 264 g/mol. The van der Waals surface area contributed by atoms with Gasteiger partial charge in [0.05, 0.1) is 5.75 Å². The average molecular weight is 288 g/mol. The Hall–Kier alpha value is -0.620. The lowest BCUT2D eigenvalue weighted by Gasteiger charge is -2.27. The van der Waals surface area contributed by atoms with E-state index in [0.717, 1.165) is 32.1 Å². The van der Waals surface area contributed by atoms with Crippen LogP contribution in [0.2, 0.25) is 0 Å². The molecule has 0 unspecified atom stereocenters. The molecule has 1 aliphatic heterocycles. The molecule has 1 amide bonds. The van der Waals surface area contributed by atoms with Crippen LogP contribution in [0.25, 0.3) is 0 Å². The zero-order valence-electron chi connectivity index (χ0n) is 11.6. The van der Waals surface area contributed by atoms with Crippen LogP contribution in [0.1, 0.15) is 51.9 Å². The molecule has 1 saturated carbocycles. The molecule has 0 spiro atoms. The van der Waals surface area contributed by atoms with Crippen LogP contribution in [0.5, 0.6) is 0 Å². The van der Waals surface area contributed by atoms with Crippen molar-refractivity contribution in [3.05, 3.63) is 0 Å². The maximum Gasteiger partial charge on any atom is 0.238 e. The highest BCUT2D eigenvalue weighted by atomic mass is 32.2. The third-order valence-corrected chi connectivity index (χ3v) is 6.06. The number of carbonyl (C=O) groups is 1. The minimum atomic E-state index is -3.26. The van der Waals surface area contributed by atoms with Gasteiger partial charge in [-0.2, -0.15) is 4.31 Å². The SMILES string of the molecule is CCS(=O)(=O)N1CCC[C@@H]1C(=O)NC1CCCCC1. The number of carbonyl (C=O) groups excluding carboxylic acids is 1. The van der Waals surface area contributed by atoms with Crippen molar-refractivity contribution in [2.75, 3.05) is 12.3 Å². The molecule has 6 heteroatoms. The van der Waals surface area contributed by atoms with Gasteiger partial charge < -0.3 is 5.32 Å². The molecular formula is C13H24N2O3S. The number of amides is 1. The van der Waals surface area contributed by atoms with Gasteiger partial charge in [-0.15, -0.1) is 0 Å². The second kappa shape index (κ2) is 6.22. The second-order valence-electron chi connectivity index (χ2n) is 5.51. The maximum atomic E-state index is 12.3. The topological polar surface area (TPSA) is 66.5 Å². The lowest BCUT2D eigenvalue weighted by molar-refractivity contribution is -0.125. The van der Waals surface area contributed by atoms with Crippen molar-refractivity contribution in [3.63, 3.8) is 0 Å². The molecule has 0 aromatic carbocycles. The molecule has 1 saturated heterocycles. The number of hydrogen-bond acceptors (Lipinski definition) is 3. The van der Waals surface area contributed by atoms with E-state index in [4.69, 9.17) is 0 Å². The molecule has 1 atom stereocenters. The van der Waals surface area contributed by atoms with Gasteiger partial charge in [0.2, 0.25) is 15.9 Å². The average Bonchev–Trinajstić information content (AvgIpc) is 2.90. The molecule has 0 aromatic rings. The van der Waals surface area contributed by atoms with E-state index in [-0.39, 0.29) is 17.7 Å². The lowest BCUT2D eigenvalue weighted by atomic mass is 9.95. The zero-order valence-corrected chi connectivity index (χ0v) is 12.4. The van der Waals surface area contributed by atoms with Gasteiger partial charge in [0.15, 0.2) is 0 Å². The Balaban J connectivity index is 1.97. The molecule has 2 fully saturated rings. The van der Waals surface area contributed by atoms with Crippen molar-refractivity contribution in [1.29, 1.82) is 0 Å². The van der Waals surface area contributed by atoms with Crippen LogP contribution in [0, 0.1) is 0 Å². The Kier molecular flexibility index (Phi) is 4.84. The first kappa shape index (κ1) is 14.8. The van der Waals surface area contributed by atoms with Crippen molar-refractivity contribution in [3.8, 4) is 0 Å². The summed E-state index contributed by atoms with van der Waals surface area (Å²) in [6.07, 6.45) is 7.04. The van der Waals surface area contributed by atoms with Crippen molar-refractivity contribution in [2.45, 2.75) is 64.0 Å². The molecule has 2 rings (SSSR count). The van der Waals surface area contributed by atoms with Crippen molar-refractivity contribution < 1.29 is 13.2 Å². The molecule has 1 N–H and O–H groups in total. The van der Waals surface area contributed by atoms with Crippen molar-refractivity contribution >= 4 is 15.9 Å². The fourth-order valence-electron chi connectivity index (χ4n) is 3.05. The largest absolute Gasteiger partial charge is 0.352 e. The van der Waals surface area contributed by atoms with Crippen LogP contribution in [0.15, 0.2) is 0 Å². The van der Waals surface area contributed by atoms with E-state index in [1.165, 1.54) is 10.7 Å². The molecule has 110 valence electrons. The van der Waals surface area contributed by atoms with E-state index in [1.807, 2.05) is 0 Å². The van der Waals surface area contributed by atoms with Crippen molar-refractivity contribution in [1.82, 2.24) is 9.62 Å². The Morgan fingerprint density at radius 3 is 2.47 bits per heavy atom. The zero-order chi connectivity index (χ0) is 13.9. The number of nitrogens with zero attached hydrogens (tertiary/aromatic N) is 1. The minimum absolute atomic E-state index is 0.0697. The summed E-state index contributed by atoms with van der Waals surface area (Å²) in [6.45, 7) is 2.11. The number of rotatable bonds is 4. The van der Waals surface area contributed by atoms with Crippen LogP contribution in [0.3, 0.4) is 0 Å². The number of sulfonamides is 1. The van der Waals surface area contributed by atoms with Crippen molar-refractivity contribution in [2.24, 2.45) is 0 Å². The first-order valence-corrected chi connectivity index (χ1v) is 8.95. The van der Waals surface area contributed by atoms with Crippen LogP contribution in [-0.2, 0) is 14.8 Å². The van der Waals surface area contributed by atoms with E-state index >= 15 is 0 Å². The molecule has 2 aliphatic rings. The molecule has 1 heterocycles. The first-order chi connectivity index (χ1) is 9.04. The van der Waals surface area contributed by atoms with Gasteiger partial charge in [-0.1, -0.05) is 19.3 Å². The fourth-order valence-corrected chi connectivity index (χ4v) is 4.37. The van der Waals surface area contributed by atoms with Crippen LogP contribution < -0.4 is 5.32 Å². The Morgan fingerprint density at radius 1 is 1.16 bits per heavy atom. The Labute approximate surface area is 115 Å². The van der Waals surface area contributed by atoms with Gasteiger partial charge in [-0.05, 0) is 32.6 Å². The van der Waals surface area contributed by atoms with Crippen LogP contribution in [0.4, 0.5) is 0 Å². The molecule has 0 bridgehead atoms. The Morgan fingerprint density at radius 2 is 1.84 bits per heavy atom. The van der Waals surface area contributed by atoms with E-state index in [1.54, 1.807) is 6.92 Å². The van der Waals surface area contributed by atoms with Gasteiger partial charge in [0.25, 0.3) is 0 Å². The van der Waals surface area contributed by atoms with Gasteiger partial charge in [0, 0.05) is 12.6 Å². The third-order valence-electron chi connectivity index (χ3n) is 4.18. The van der Waals surface area contributed by atoms with E-state index in [2.05, 4.69) is 5.32 Å². The predicted octanol–water partition coefficient (Wildman–Crippen LogP) is 1.25. The van der Waals surface area contributed by atoms with Gasteiger partial charge in [0.1, 0.15) is 6.04 Å². The summed E-state index contributed by atoms with van der Waals surface area (Å²) in [5, 5.41) is 3.04. The lowest BCUT2D eigenvalue weighted by Crippen LogP contribution is -2.49. The summed E-state index contributed by atoms with van der Waals surface area (Å²) in [6, 6.07) is -0.236. The third kappa shape index (κ3) is 3.48. The first-order valence-electron chi connectivity index (χ1n) is 7.34. The van der Waals surface area contributed by atoms with E-state index in [9.17, 15) is 13.2 Å². The second-order valence-corrected chi connectivity index (χ2v) is 7.72. The summed E-state index contributed by atoms with van der Waals surface area (Å²) in [5.41, 5.74) is 0. The Bertz CT molecular complexity index is 416. The van der Waals surface area contributed by atoms with Gasteiger partial charge >= 0.3 is 0 Å². The molecule has 5 nitrogen and oxygen atoms in total. The molecule has 19 heavy (non-hydrogen) atoms. The summed E-state index contributed by atoms with van der Waals surface area (Å²) in [4.78, 5) is 12.3. The maximum absolute atomic E-state index is 12.3. The fraction of sp³-hybridized carbons (Fsp3) is 0.923. The van der Waals surface area contributed by atoms with E-state index < -0.39 is 16.1 Å². The standard InChI is InChI=1S/C13H24N2O3S/c1-2-19(17,18)15-10-6-9-12(15)13(16)14-11-7-4-3-5-8-11/h11-12H,2-10H2,1H3,(H,14,16)/t12-/m1/s1. The van der Waals surface area contributed by atoms with Gasteiger partial charge in [-0.25, -0.2) is 8.42 Å². The van der Waals surface area contributed by atoms with E-state index in [0.29, 0.717) is 13.0 Å². The van der Waals surface area contributed by atoms with Crippen LogP contribution in [-0.4, -0.2) is 43.0 Å². The monoisotopic (exact) mass is 288 g/mol. The molecule has 0 radical (unpaired) electrons.